The molecule has 2 saturated heterocycles. The van der Waals surface area contributed by atoms with Gasteiger partial charge in [0, 0.05) is 26.9 Å². The smallest absolute Gasteiger partial charge is 0.407 e. The Morgan fingerprint density at radius 2 is 0.963 bits per heavy atom. The van der Waals surface area contributed by atoms with Gasteiger partial charge in [-0.15, -0.1) is 0 Å². The van der Waals surface area contributed by atoms with Gasteiger partial charge < -0.3 is 80.3 Å². The Labute approximate surface area is 311 Å². The van der Waals surface area contributed by atoms with Gasteiger partial charge in [-0.05, 0) is 23.3 Å². The number of ether oxygens (including phenoxy) is 6. The molecule has 4 amide bonds. The molecule has 2 heterocycles. The molecule has 0 radical (unpaired) electrons. The largest absolute Gasteiger partial charge is 0.445 e. The van der Waals surface area contributed by atoms with Crippen molar-refractivity contribution in [2.24, 2.45) is 0 Å². The van der Waals surface area contributed by atoms with E-state index < -0.39 is 98.5 Å². The van der Waals surface area contributed by atoms with E-state index in [0.29, 0.717) is 0 Å². The van der Waals surface area contributed by atoms with Crippen LogP contribution >= 0.6 is 0 Å². The number of amides is 4. The van der Waals surface area contributed by atoms with Gasteiger partial charge in [-0.1, -0.05) is 36.4 Å². The van der Waals surface area contributed by atoms with Gasteiger partial charge in [0.25, 0.3) is 0 Å². The molecule has 20 nitrogen and oxygen atoms in total. The molecule has 20 heteroatoms. The van der Waals surface area contributed by atoms with Crippen molar-refractivity contribution in [1.82, 2.24) is 21.3 Å². The molecule has 1 aromatic carbocycles. The first-order valence-corrected chi connectivity index (χ1v) is 17.1. The topological polar surface area (TPSA) is 293 Å². The summed E-state index contributed by atoms with van der Waals surface area (Å²) in [7, 11) is 0. The normalized spacial score (nSPS) is 28.4. The van der Waals surface area contributed by atoms with Crippen LogP contribution in [0.15, 0.2) is 48.6 Å². The lowest BCUT2D eigenvalue weighted by atomic mass is 9.97. The monoisotopic (exact) mass is 770 g/mol. The van der Waals surface area contributed by atoms with Crippen LogP contribution in [-0.2, 0) is 51.1 Å². The highest BCUT2D eigenvalue weighted by atomic mass is 16.7. The first-order chi connectivity index (χ1) is 25.8. The molecular weight excluding hydrogens is 720 g/mol. The van der Waals surface area contributed by atoms with E-state index in [2.05, 4.69) is 21.3 Å². The van der Waals surface area contributed by atoms with Crippen molar-refractivity contribution >= 4 is 24.0 Å². The fraction of sp³-hybridized carbons (Fsp3) is 0.588. The zero-order valence-corrected chi connectivity index (χ0v) is 29.8. The summed E-state index contributed by atoms with van der Waals surface area (Å²) in [5, 5.41) is 69.6. The van der Waals surface area contributed by atoms with Crippen LogP contribution < -0.4 is 21.3 Å². The average Bonchev–Trinajstić information content (AvgIpc) is 3.14. The number of rotatable bonds is 18. The number of hydrogen-bond donors (Lipinski definition) is 10. The first-order valence-electron chi connectivity index (χ1n) is 17.1. The predicted molar refractivity (Wildman–Crippen MR) is 184 cm³/mol. The third kappa shape index (κ3) is 14.2. The third-order valence-corrected chi connectivity index (χ3v) is 8.07. The van der Waals surface area contributed by atoms with E-state index in [1.54, 1.807) is 24.3 Å². The molecule has 54 heavy (non-hydrogen) atoms. The average molecular weight is 771 g/mol. The number of aliphatic hydroxyl groups is 6. The molecule has 0 saturated carbocycles. The van der Waals surface area contributed by atoms with Crippen LogP contribution in [0, 0.1) is 0 Å². The van der Waals surface area contributed by atoms with Crippen LogP contribution in [-0.4, -0.2) is 156 Å². The molecule has 10 N–H and O–H groups in total. The predicted octanol–water partition coefficient (Wildman–Crippen LogP) is -2.83. The second-order valence-corrected chi connectivity index (χ2v) is 12.2. The van der Waals surface area contributed by atoms with Crippen molar-refractivity contribution in [2.75, 3.05) is 39.6 Å². The Morgan fingerprint density at radius 3 is 1.30 bits per heavy atom. The SMILES string of the molecule is CC(=O)N[C@H]1[C@H](OC/C=C\COC(=O)NCc2ccc(CNC(=O)OC/C=C\CO[C@@H]3O[C@H](CO)[C@@H](O)[C@H](O)[C@H]3NC(C)=O)cc2)O[C@H](CO)[C@@H](O)[C@@H]1O. The molecule has 10 atom stereocenters. The zero-order valence-electron chi connectivity index (χ0n) is 29.8. The van der Waals surface area contributed by atoms with Crippen molar-refractivity contribution < 1.29 is 78.2 Å². The van der Waals surface area contributed by atoms with Gasteiger partial charge in [0.05, 0.1) is 26.4 Å². The highest BCUT2D eigenvalue weighted by Gasteiger charge is 2.46. The summed E-state index contributed by atoms with van der Waals surface area (Å²) in [4.78, 5) is 47.2. The van der Waals surface area contributed by atoms with Crippen molar-refractivity contribution in [3.63, 3.8) is 0 Å². The standard InChI is InChI=1S/C34H50N4O16/c1-19(41)37-25-29(45)27(43)23(17-39)53-31(25)49-11-3-5-13-51-33(47)35-15-21-7-9-22(10-8-21)16-36-34(48)52-14-6-4-12-50-32-26(38-20(2)42)30(46)28(44)24(18-40)54-32/h3-10,23-32,39-40,43-46H,11-18H2,1-2H3,(H,35,47)(H,36,48)(H,37,41)(H,38,42)/b5-3-,6-4-/t23-,24-,25-,26-,27-,28-,29-,30-,31-,32-/m1/s1. The number of aliphatic hydroxyl groups excluding tert-OH is 6. The summed E-state index contributed by atoms with van der Waals surface area (Å²) >= 11 is 0. The van der Waals surface area contributed by atoms with Crippen LogP contribution in [0.3, 0.4) is 0 Å². The summed E-state index contributed by atoms with van der Waals surface area (Å²) in [6, 6.07) is 4.90. The third-order valence-electron chi connectivity index (χ3n) is 8.07. The van der Waals surface area contributed by atoms with Crippen LogP contribution in [0.25, 0.3) is 0 Å². The molecule has 2 fully saturated rings. The summed E-state index contributed by atoms with van der Waals surface area (Å²) in [6.45, 7) is 1.41. The van der Waals surface area contributed by atoms with E-state index in [1.165, 1.54) is 38.2 Å². The van der Waals surface area contributed by atoms with Gasteiger partial charge in [-0.2, -0.15) is 0 Å². The van der Waals surface area contributed by atoms with Crippen molar-refractivity contribution in [3.8, 4) is 0 Å². The number of benzene rings is 1. The van der Waals surface area contributed by atoms with Crippen molar-refractivity contribution in [2.45, 2.75) is 88.2 Å². The van der Waals surface area contributed by atoms with E-state index in [-0.39, 0.29) is 39.5 Å². The van der Waals surface area contributed by atoms with Crippen LogP contribution in [0.1, 0.15) is 25.0 Å². The van der Waals surface area contributed by atoms with E-state index in [4.69, 9.17) is 28.4 Å². The molecule has 2 aliphatic rings. The molecule has 3 rings (SSSR count). The Morgan fingerprint density at radius 1 is 0.611 bits per heavy atom. The Bertz CT molecular complexity index is 1300. The van der Waals surface area contributed by atoms with Gasteiger partial charge in [-0.25, -0.2) is 9.59 Å². The molecule has 302 valence electrons. The van der Waals surface area contributed by atoms with Gasteiger partial charge in [0.15, 0.2) is 12.6 Å². The number of hydrogen-bond acceptors (Lipinski definition) is 16. The molecule has 0 bridgehead atoms. The van der Waals surface area contributed by atoms with E-state index in [1.807, 2.05) is 0 Å². The molecule has 0 unspecified atom stereocenters. The summed E-state index contributed by atoms with van der Waals surface area (Å²) in [5.74, 6) is -0.950. The van der Waals surface area contributed by atoms with Crippen LogP contribution in [0.5, 0.6) is 0 Å². The molecular formula is C34H50N4O16. The van der Waals surface area contributed by atoms with E-state index in [9.17, 15) is 49.8 Å². The van der Waals surface area contributed by atoms with E-state index >= 15 is 0 Å². The van der Waals surface area contributed by atoms with Crippen molar-refractivity contribution in [3.05, 3.63) is 59.7 Å². The minimum absolute atomic E-state index is 0.0494. The van der Waals surface area contributed by atoms with Gasteiger partial charge in [0.1, 0.15) is 61.9 Å². The molecule has 0 aliphatic carbocycles. The summed E-state index contributed by atoms with van der Waals surface area (Å²) in [5.41, 5.74) is 1.53. The number of carbonyl (C=O) groups is 4. The highest BCUT2D eigenvalue weighted by molar-refractivity contribution is 5.73. The number of nitrogens with one attached hydrogen (secondary N) is 4. The molecule has 2 aliphatic heterocycles. The minimum Gasteiger partial charge on any atom is -0.445 e. The van der Waals surface area contributed by atoms with Crippen LogP contribution in [0.4, 0.5) is 9.59 Å². The lowest BCUT2D eigenvalue weighted by Crippen LogP contribution is -2.64. The van der Waals surface area contributed by atoms with Gasteiger partial charge in [0.2, 0.25) is 11.8 Å². The first kappa shape index (κ1) is 44.2. The fourth-order valence-electron chi connectivity index (χ4n) is 5.27. The maximum Gasteiger partial charge on any atom is 0.407 e. The molecule has 1 aromatic rings. The van der Waals surface area contributed by atoms with E-state index in [0.717, 1.165) is 11.1 Å². The Hall–Kier alpha value is -4.22. The summed E-state index contributed by atoms with van der Waals surface area (Å²) in [6.07, 6.45) is -5.49. The van der Waals surface area contributed by atoms with Gasteiger partial charge in [-0.3, -0.25) is 9.59 Å². The second-order valence-electron chi connectivity index (χ2n) is 12.2. The quantitative estimate of drug-likeness (QED) is 0.0674. The number of carbonyl (C=O) groups excluding carboxylic acids is 4. The fourth-order valence-corrected chi connectivity index (χ4v) is 5.27. The Balaban J connectivity index is 1.28. The zero-order chi connectivity index (χ0) is 39.6. The highest BCUT2D eigenvalue weighted by Crippen LogP contribution is 2.23. The molecule has 0 spiro atoms. The maximum absolute atomic E-state index is 12.1. The van der Waals surface area contributed by atoms with Crippen LogP contribution in [0.2, 0.25) is 0 Å². The number of alkyl carbamates (subject to hydrolysis) is 2. The summed E-state index contributed by atoms with van der Waals surface area (Å²) < 4.78 is 32.2. The minimum atomic E-state index is -1.43. The lowest BCUT2D eigenvalue weighted by Gasteiger charge is -2.42. The van der Waals surface area contributed by atoms with Gasteiger partial charge >= 0.3 is 12.2 Å². The Kier molecular flexibility index (Phi) is 18.7. The second kappa shape index (κ2) is 22.9. The maximum atomic E-state index is 12.1. The lowest BCUT2D eigenvalue weighted by molar-refractivity contribution is -0.267. The molecule has 0 aromatic heterocycles. The van der Waals surface area contributed by atoms with Crippen molar-refractivity contribution in [1.29, 1.82) is 0 Å².